The summed E-state index contributed by atoms with van der Waals surface area (Å²) in [5, 5.41) is 12.9. The highest BCUT2D eigenvalue weighted by molar-refractivity contribution is 5.06. The van der Waals surface area contributed by atoms with Crippen molar-refractivity contribution in [3.63, 3.8) is 0 Å². The van der Waals surface area contributed by atoms with E-state index in [1.54, 1.807) is 0 Å². The Labute approximate surface area is 97.5 Å². The molecule has 0 bridgehead atoms. The molecule has 0 aromatic carbocycles. The van der Waals surface area contributed by atoms with Crippen molar-refractivity contribution in [2.24, 2.45) is 13.0 Å². The summed E-state index contributed by atoms with van der Waals surface area (Å²) >= 11 is 0. The molecule has 1 saturated carbocycles. The number of hydrogen-bond acceptors (Lipinski definition) is 2. The van der Waals surface area contributed by atoms with Crippen LogP contribution in [0.1, 0.15) is 31.4 Å². The molecular formula is C13H22N2O. The number of aromatic nitrogens is 1. The molecule has 16 heavy (non-hydrogen) atoms. The van der Waals surface area contributed by atoms with Crippen LogP contribution in [-0.4, -0.2) is 22.3 Å². The van der Waals surface area contributed by atoms with Gasteiger partial charge in [-0.15, -0.1) is 0 Å². The molecule has 1 heterocycles. The number of nitrogens with zero attached hydrogens (tertiary/aromatic N) is 1. The van der Waals surface area contributed by atoms with Gasteiger partial charge in [-0.2, -0.15) is 0 Å². The maximum Gasteiger partial charge on any atom is 0.0474 e. The van der Waals surface area contributed by atoms with Gasteiger partial charge in [0, 0.05) is 38.1 Å². The SMILES string of the molecule is Cn1cccc1CNC1CCCCC1CO. The van der Waals surface area contributed by atoms with Gasteiger partial charge in [0.05, 0.1) is 0 Å². The third-order valence-electron chi connectivity index (χ3n) is 3.74. The van der Waals surface area contributed by atoms with E-state index in [9.17, 15) is 5.11 Å². The van der Waals surface area contributed by atoms with Crippen LogP contribution in [0.2, 0.25) is 0 Å². The summed E-state index contributed by atoms with van der Waals surface area (Å²) < 4.78 is 2.14. The van der Waals surface area contributed by atoms with Crippen LogP contribution in [0.5, 0.6) is 0 Å². The maximum absolute atomic E-state index is 9.33. The number of rotatable bonds is 4. The molecule has 1 fully saturated rings. The predicted octanol–water partition coefficient (Wildman–Crippen LogP) is 1.67. The van der Waals surface area contributed by atoms with Crippen LogP contribution >= 0.6 is 0 Å². The van der Waals surface area contributed by atoms with Gasteiger partial charge in [-0.05, 0) is 30.9 Å². The van der Waals surface area contributed by atoms with E-state index in [-0.39, 0.29) is 0 Å². The van der Waals surface area contributed by atoms with Crippen LogP contribution in [0.15, 0.2) is 18.3 Å². The first-order valence-corrected chi connectivity index (χ1v) is 6.25. The standard InChI is InChI=1S/C13H22N2O/c1-15-8-4-6-12(15)9-14-13-7-3-2-5-11(13)10-16/h4,6,8,11,13-14,16H,2-3,5,7,9-10H2,1H3. The zero-order chi connectivity index (χ0) is 11.4. The lowest BCUT2D eigenvalue weighted by Crippen LogP contribution is -2.40. The monoisotopic (exact) mass is 222 g/mol. The van der Waals surface area contributed by atoms with Crippen LogP contribution in [-0.2, 0) is 13.6 Å². The van der Waals surface area contributed by atoms with Gasteiger partial charge in [-0.1, -0.05) is 12.8 Å². The molecule has 2 atom stereocenters. The van der Waals surface area contributed by atoms with Crippen molar-refractivity contribution in [3.8, 4) is 0 Å². The molecular weight excluding hydrogens is 200 g/mol. The van der Waals surface area contributed by atoms with E-state index >= 15 is 0 Å². The average Bonchev–Trinajstić information content (AvgIpc) is 2.72. The molecule has 2 N–H and O–H groups in total. The first-order chi connectivity index (χ1) is 7.81. The number of aliphatic hydroxyl groups excluding tert-OH is 1. The van der Waals surface area contributed by atoms with Crippen LogP contribution in [0.3, 0.4) is 0 Å². The van der Waals surface area contributed by atoms with Gasteiger partial charge in [0.2, 0.25) is 0 Å². The second-order valence-corrected chi connectivity index (χ2v) is 4.82. The predicted molar refractivity (Wildman–Crippen MR) is 65.1 cm³/mol. The fourth-order valence-electron chi connectivity index (χ4n) is 2.61. The van der Waals surface area contributed by atoms with Crippen LogP contribution in [0.4, 0.5) is 0 Å². The van der Waals surface area contributed by atoms with Crippen molar-refractivity contribution in [2.45, 2.75) is 38.3 Å². The van der Waals surface area contributed by atoms with Crippen molar-refractivity contribution in [1.82, 2.24) is 9.88 Å². The van der Waals surface area contributed by atoms with Gasteiger partial charge in [0.25, 0.3) is 0 Å². The molecule has 90 valence electrons. The summed E-state index contributed by atoms with van der Waals surface area (Å²) in [6.07, 6.45) is 7.01. The molecule has 0 saturated heterocycles. The smallest absolute Gasteiger partial charge is 0.0474 e. The van der Waals surface area contributed by atoms with E-state index in [0.717, 1.165) is 6.54 Å². The first-order valence-electron chi connectivity index (χ1n) is 6.25. The number of aliphatic hydroxyl groups is 1. The zero-order valence-corrected chi connectivity index (χ0v) is 10.0. The van der Waals surface area contributed by atoms with Gasteiger partial charge in [0.1, 0.15) is 0 Å². The molecule has 0 aliphatic heterocycles. The van der Waals surface area contributed by atoms with E-state index in [1.807, 2.05) is 0 Å². The minimum atomic E-state index is 0.324. The Morgan fingerprint density at radius 2 is 2.25 bits per heavy atom. The van der Waals surface area contributed by atoms with Crippen LogP contribution < -0.4 is 5.32 Å². The highest BCUT2D eigenvalue weighted by Crippen LogP contribution is 2.24. The molecule has 3 heteroatoms. The van der Waals surface area contributed by atoms with Crippen molar-refractivity contribution in [1.29, 1.82) is 0 Å². The highest BCUT2D eigenvalue weighted by Gasteiger charge is 2.23. The largest absolute Gasteiger partial charge is 0.396 e. The number of nitrogens with one attached hydrogen (secondary N) is 1. The number of hydrogen-bond donors (Lipinski definition) is 2. The first kappa shape index (κ1) is 11.7. The molecule has 0 amide bonds. The summed E-state index contributed by atoms with van der Waals surface area (Å²) in [4.78, 5) is 0. The lowest BCUT2D eigenvalue weighted by atomic mass is 9.85. The van der Waals surface area contributed by atoms with Gasteiger partial charge in [0.15, 0.2) is 0 Å². The van der Waals surface area contributed by atoms with Gasteiger partial charge in [-0.25, -0.2) is 0 Å². The van der Waals surface area contributed by atoms with Crippen molar-refractivity contribution in [2.75, 3.05) is 6.61 Å². The quantitative estimate of drug-likeness (QED) is 0.813. The van der Waals surface area contributed by atoms with E-state index < -0.39 is 0 Å². The van der Waals surface area contributed by atoms with E-state index in [2.05, 4.69) is 35.3 Å². The molecule has 2 unspecified atom stereocenters. The minimum absolute atomic E-state index is 0.324. The molecule has 2 rings (SSSR count). The fourth-order valence-corrected chi connectivity index (χ4v) is 2.61. The Balaban J connectivity index is 1.86. The third kappa shape index (κ3) is 2.66. The van der Waals surface area contributed by atoms with Crippen LogP contribution in [0, 0.1) is 5.92 Å². The Bertz CT molecular complexity index is 321. The molecule has 1 aliphatic rings. The van der Waals surface area contributed by atoms with Crippen molar-refractivity contribution < 1.29 is 5.11 Å². The summed E-state index contributed by atoms with van der Waals surface area (Å²) in [5.41, 5.74) is 1.31. The molecule has 1 aromatic heterocycles. The summed E-state index contributed by atoms with van der Waals surface area (Å²) in [6.45, 7) is 1.23. The molecule has 1 aliphatic carbocycles. The van der Waals surface area contributed by atoms with Gasteiger partial charge < -0.3 is 15.0 Å². The summed E-state index contributed by atoms with van der Waals surface area (Å²) in [5.74, 6) is 0.453. The second-order valence-electron chi connectivity index (χ2n) is 4.82. The summed E-state index contributed by atoms with van der Waals surface area (Å²) in [6, 6.07) is 4.71. The zero-order valence-electron chi connectivity index (χ0n) is 10.0. The maximum atomic E-state index is 9.33. The van der Waals surface area contributed by atoms with Gasteiger partial charge in [-0.3, -0.25) is 0 Å². The molecule has 0 spiro atoms. The normalized spacial score (nSPS) is 25.9. The second kappa shape index (κ2) is 5.51. The van der Waals surface area contributed by atoms with E-state index in [4.69, 9.17) is 0 Å². The fraction of sp³-hybridized carbons (Fsp3) is 0.692. The highest BCUT2D eigenvalue weighted by atomic mass is 16.3. The van der Waals surface area contributed by atoms with E-state index in [1.165, 1.54) is 31.4 Å². The molecule has 1 aromatic rings. The Morgan fingerprint density at radius 1 is 1.44 bits per heavy atom. The third-order valence-corrected chi connectivity index (χ3v) is 3.74. The van der Waals surface area contributed by atoms with Gasteiger partial charge >= 0.3 is 0 Å². The Kier molecular flexibility index (Phi) is 4.02. The van der Waals surface area contributed by atoms with Crippen LogP contribution in [0.25, 0.3) is 0 Å². The number of aryl methyl sites for hydroxylation is 1. The Morgan fingerprint density at radius 3 is 2.94 bits per heavy atom. The lowest BCUT2D eigenvalue weighted by molar-refractivity contribution is 0.152. The minimum Gasteiger partial charge on any atom is -0.396 e. The van der Waals surface area contributed by atoms with E-state index in [0.29, 0.717) is 18.6 Å². The Hall–Kier alpha value is -0.800. The lowest BCUT2D eigenvalue weighted by Gasteiger charge is -2.31. The van der Waals surface area contributed by atoms with Crippen molar-refractivity contribution >= 4 is 0 Å². The average molecular weight is 222 g/mol. The summed E-state index contributed by atoms with van der Waals surface area (Å²) in [7, 11) is 2.07. The molecule has 0 radical (unpaired) electrons. The topological polar surface area (TPSA) is 37.2 Å². The molecule has 3 nitrogen and oxygen atoms in total. The van der Waals surface area contributed by atoms with Crippen molar-refractivity contribution in [3.05, 3.63) is 24.0 Å².